The van der Waals surface area contributed by atoms with Gasteiger partial charge in [0.15, 0.2) is 5.75 Å². The Morgan fingerprint density at radius 2 is 2.04 bits per heavy atom. The van der Waals surface area contributed by atoms with Gasteiger partial charge in [-0.15, -0.1) is 0 Å². The standard InChI is InChI=1S/C17H23N3O4/c1-24-16-10-14(7-8-15(16)20(22)23)18-13-4-2-3-11(9-13)17(21)19-12-5-6-12/h7-8,10-13,18H,2-6,9H2,1H3,(H,19,21)/t11-,13+/m1/s1. The van der Waals surface area contributed by atoms with Gasteiger partial charge in [0.1, 0.15) is 0 Å². The van der Waals surface area contributed by atoms with Crippen LogP contribution in [0.3, 0.4) is 0 Å². The highest BCUT2D eigenvalue weighted by Crippen LogP contribution is 2.32. The molecule has 0 unspecified atom stereocenters. The highest BCUT2D eigenvalue weighted by Gasteiger charge is 2.31. The first-order valence-corrected chi connectivity index (χ1v) is 8.46. The number of anilines is 1. The van der Waals surface area contributed by atoms with Crippen LogP contribution in [-0.4, -0.2) is 30.0 Å². The molecule has 7 nitrogen and oxygen atoms in total. The molecule has 1 aromatic carbocycles. The Kier molecular flexibility index (Phi) is 4.87. The molecular weight excluding hydrogens is 310 g/mol. The fraction of sp³-hybridized carbons (Fsp3) is 0.588. The number of carbonyl (C=O) groups is 1. The number of benzene rings is 1. The van der Waals surface area contributed by atoms with Gasteiger partial charge in [-0.05, 0) is 38.2 Å². The minimum atomic E-state index is -0.457. The monoisotopic (exact) mass is 333 g/mol. The summed E-state index contributed by atoms with van der Waals surface area (Å²) >= 11 is 0. The highest BCUT2D eigenvalue weighted by atomic mass is 16.6. The summed E-state index contributed by atoms with van der Waals surface area (Å²) in [4.78, 5) is 22.7. The van der Waals surface area contributed by atoms with Crippen LogP contribution in [0, 0.1) is 16.0 Å². The lowest BCUT2D eigenvalue weighted by atomic mass is 9.85. The van der Waals surface area contributed by atoms with Crippen molar-refractivity contribution in [3.05, 3.63) is 28.3 Å². The molecule has 3 rings (SSSR count). The van der Waals surface area contributed by atoms with Crippen molar-refractivity contribution in [3.63, 3.8) is 0 Å². The molecule has 0 bridgehead atoms. The predicted molar refractivity (Wildman–Crippen MR) is 90.2 cm³/mol. The van der Waals surface area contributed by atoms with E-state index in [1.54, 1.807) is 12.1 Å². The molecular formula is C17H23N3O4. The van der Waals surface area contributed by atoms with Gasteiger partial charge in [-0.25, -0.2) is 0 Å². The maximum atomic E-state index is 12.2. The third-order valence-electron chi connectivity index (χ3n) is 4.72. The van der Waals surface area contributed by atoms with Gasteiger partial charge >= 0.3 is 5.69 Å². The lowest BCUT2D eigenvalue weighted by Crippen LogP contribution is -2.38. The molecule has 7 heteroatoms. The number of hydrogen-bond donors (Lipinski definition) is 2. The van der Waals surface area contributed by atoms with Crippen molar-refractivity contribution < 1.29 is 14.5 Å². The van der Waals surface area contributed by atoms with Gasteiger partial charge < -0.3 is 15.4 Å². The van der Waals surface area contributed by atoms with Crippen molar-refractivity contribution in [2.45, 2.75) is 50.6 Å². The Balaban J connectivity index is 1.62. The van der Waals surface area contributed by atoms with Crippen LogP contribution in [-0.2, 0) is 4.79 Å². The second kappa shape index (κ2) is 7.07. The molecule has 0 heterocycles. The summed E-state index contributed by atoms with van der Waals surface area (Å²) in [7, 11) is 1.42. The minimum absolute atomic E-state index is 0.0478. The largest absolute Gasteiger partial charge is 0.490 e. The zero-order valence-corrected chi connectivity index (χ0v) is 13.8. The Morgan fingerprint density at radius 3 is 2.71 bits per heavy atom. The molecule has 0 radical (unpaired) electrons. The van der Waals surface area contributed by atoms with E-state index in [1.807, 2.05) is 0 Å². The SMILES string of the molecule is COc1cc(N[C@H]2CCC[C@@H](C(=O)NC3CC3)C2)ccc1[N+](=O)[O-]. The average Bonchev–Trinajstić information content (AvgIpc) is 3.38. The number of carbonyl (C=O) groups excluding carboxylic acids is 1. The summed E-state index contributed by atoms with van der Waals surface area (Å²) in [5, 5.41) is 17.4. The van der Waals surface area contributed by atoms with E-state index in [4.69, 9.17) is 4.74 Å². The maximum absolute atomic E-state index is 12.2. The summed E-state index contributed by atoms with van der Waals surface area (Å²) in [5.74, 6) is 0.464. The Bertz CT molecular complexity index is 630. The second-order valence-corrected chi connectivity index (χ2v) is 6.63. The summed E-state index contributed by atoms with van der Waals surface area (Å²) in [6.07, 6.45) is 5.92. The molecule has 2 fully saturated rings. The van der Waals surface area contributed by atoms with Gasteiger partial charge in [-0.2, -0.15) is 0 Å². The minimum Gasteiger partial charge on any atom is -0.490 e. The molecule has 2 atom stereocenters. The predicted octanol–water partition coefficient (Wildman–Crippen LogP) is 2.85. The lowest BCUT2D eigenvalue weighted by molar-refractivity contribution is -0.385. The molecule has 2 saturated carbocycles. The summed E-state index contributed by atoms with van der Waals surface area (Å²) in [5.41, 5.74) is 0.735. The van der Waals surface area contributed by atoms with Gasteiger partial charge in [0.25, 0.3) is 0 Å². The van der Waals surface area contributed by atoms with E-state index in [2.05, 4.69) is 10.6 Å². The second-order valence-electron chi connectivity index (χ2n) is 6.63. The van der Waals surface area contributed by atoms with Gasteiger partial charge in [-0.3, -0.25) is 14.9 Å². The first-order chi connectivity index (χ1) is 11.6. The molecule has 2 aliphatic carbocycles. The van der Waals surface area contributed by atoms with Crippen molar-refractivity contribution in [2.24, 2.45) is 5.92 Å². The van der Waals surface area contributed by atoms with Gasteiger partial charge in [0.2, 0.25) is 5.91 Å². The number of methoxy groups -OCH3 is 1. The molecule has 1 amide bonds. The fourth-order valence-electron chi connectivity index (χ4n) is 3.26. The Labute approximate surface area is 140 Å². The fourth-order valence-corrected chi connectivity index (χ4v) is 3.26. The van der Waals surface area contributed by atoms with Crippen molar-refractivity contribution in [1.29, 1.82) is 0 Å². The number of rotatable bonds is 6. The Hall–Kier alpha value is -2.31. The molecule has 0 aliphatic heterocycles. The van der Waals surface area contributed by atoms with E-state index < -0.39 is 4.92 Å². The number of nitro benzene ring substituents is 1. The van der Waals surface area contributed by atoms with Crippen molar-refractivity contribution >= 4 is 17.3 Å². The van der Waals surface area contributed by atoms with Gasteiger partial charge in [0.05, 0.1) is 12.0 Å². The molecule has 1 aromatic rings. The van der Waals surface area contributed by atoms with Crippen LogP contribution >= 0.6 is 0 Å². The molecule has 24 heavy (non-hydrogen) atoms. The zero-order chi connectivity index (χ0) is 17.1. The van der Waals surface area contributed by atoms with E-state index in [9.17, 15) is 14.9 Å². The number of nitrogens with zero attached hydrogens (tertiary/aromatic N) is 1. The van der Waals surface area contributed by atoms with Crippen LogP contribution < -0.4 is 15.4 Å². The third kappa shape index (κ3) is 3.96. The van der Waals surface area contributed by atoms with Crippen molar-refractivity contribution in [2.75, 3.05) is 12.4 Å². The van der Waals surface area contributed by atoms with E-state index in [0.29, 0.717) is 6.04 Å². The van der Waals surface area contributed by atoms with E-state index >= 15 is 0 Å². The maximum Gasteiger partial charge on any atom is 0.311 e. The quantitative estimate of drug-likeness (QED) is 0.617. The zero-order valence-electron chi connectivity index (χ0n) is 13.8. The summed E-state index contributed by atoms with van der Waals surface area (Å²) in [6, 6.07) is 5.37. The number of nitro groups is 1. The summed E-state index contributed by atoms with van der Waals surface area (Å²) in [6.45, 7) is 0. The van der Waals surface area contributed by atoms with Gasteiger partial charge in [-0.1, -0.05) is 6.42 Å². The molecule has 130 valence electrons. The third-order valence-corrected chi connectivity index (χ3v) is 4.72. The topological polar surface area (TPSA) is 93.5 Å². The van der Waals surface area contributed by atoms with E-state index in [-0.39, 0.29) is 29.3 Å². The molecule has 2 aliphatic rings. The molecule has 0 saturated heterocycles. The van der Waals surface area contributed by atoms with Crippen LogP contribution in [0.25, 0.3) is 0 Å². The number of amides is 1. The normalized spacial score (nSPS) is 23.4. The van der Waals surface area contributed by atoms with Crippen LogP contribution in [0.5, 0.6) is 5.75 Å². The lowest BCUT2D eigenvalue weighted by Gasteiger charge is -2.29. The molecule has 0 aromatic heterocycles. The van der Waals surface area contributed by atoms with E-state index in [0.717, 1.165) is 44.2 Å². The number of ether oxygens (including phenoxy) is 1. The number of hydrogen-bond acceptors (Lipinski definition) is 5. The van der Waals surface area contributed by atoms with Crippen molar-refractivity contribution in [3.8, 4) is 5.75 Å². The average molecular weight is 333 g/mol. The van der Waals surface area contributed by atoms with Crippen LogP contribution in [0.1, 0.15) is 38.5 Å². The van der Waals surface area contributed by atoms with Crippen molar-refractivity contribution in [1.82, 2.24) is 5.32 Å². The van der Waals surface area contributed by atoms with Crippen LogP contribution in [0.4, 0.5) is 11.4 Å². The van der Waals surface area contributed by atoms with Gasteiger partial charge in [0, 0.05) is 35.8 Å². The first-order valence-electron chi connectivity index (χ1n) is 8.46. The first kappa shape index (κ1) is 16.5. The highest BCUT2D eigenvalue weighted by molar-refractivity contribution is 5.79. The number of nitrogens with one attached hydrogen (secondary N) is 2. The van der Waals surface area contributed by atoms with Crippen LogP contribution in [0.2, 0.25) is 0 Å². The Morgan fingerprint density at radius 1 is 1.25 bits per heavy atom. The molecule has 0 spiro atoms. The molecule has 2 N–H and O–H groups in total. The van der Waals surface area contributed by atoms with E-state index in [1.165, 1.54) is 13.2 Å². The summed E-state index contributed by atoms with van der Waals surface area (Å²) < 4.78 is 5.10. The van der Waals surface area contributed by atoms with Crippen LogP contribution in [0.15, 0.2) is 18.2 Å². The smallest absolute Gasteiger partial charge is 0.311 e.